The smallest absolute Gasteiger partial charge is 0.408 e. The molecular weight excluding hydrogens is 539 g/mol. The van der Waals surface area contributed by atoms with Crippen molar-refractivity contribution in [1.29, 1.82) is 0 Å². The number of benzene rings is 3. The van der Waals surface area contributed by atoms with Crippen molar-refractivity contribution >= 4 is 23.3 Å². The molecule has 0 saturated heterocycles. The molecule has 0 radical (unpaired) electrons. The number of imidazole rings is 1. The van der Waals surface area contributed by atoms with Crippen LogP contribution in [0.4, 0.5) is 9.18 Å². The lowest BCUT2D eigenvalue weighted by molar-refractivity contribution is 0.0377. The lowest BCUT2D eigenvalue weighted by Crippen LogP contribution is -2.52. The largest absolute Gasteiger partial charge is 0.444 e. The summed E-state index contributed by atoms with van der Waals surface area (Å²) in [7, 11) is 0. The van der Waals surface area contributed by atoms with Gasteiger partial charge in [-0.3, -0.25) is 0 Å². The zero-order valence-electron chi connectivity index (χ0n) is 23.1. The van der Waals surface area contributed by atoms with E-state index < -0.39 is 17.2 Å². The molecule has 6 nitrogen and oxygen atoms in total. The summed E-state index contributed by atoms with van der Waals surface area (Å²) >= 11 is 6.60. The predicted molar refractivity (Wildman–Crippen MR) is 159 cm³/mol. The van der Waals surface area contributed by atoms with Crippen LogP contribution in [0.25, 0.3) is 39.3 Å². The van der Waals surface area contributed by atoms with Gasteiger partial charge in [-0.05, 0) is 81.5 Å². The summed E-state index contributed by atoms with van der Waals surface area (Å²) in [6.45, 7) is 5.58. The molecular formula is C33H30ClFN4O2. The number of hydrogen-bond donors (Lipinski definition) is 1. The number of hydrogen-bond acceptors (Lipinski definition) is 4. The van der Waals surface area contributed by atoms with E-state index in [0.717, 1.165) is 47.2 Å². The summed E-state index contributed by atoms with van der Waals surface area (Å²) in [6.07, 6.45) is 2.31. The molecule has 0 unspecified atom stereocenters. The van der Waals surface area contributed by atoms with Gasteiger partial charge in [-0.15, -0.1) is 0 Å². The molecule has 2 aromatic heterocycles. The minimum Gasteiger partial charge on any atom is -0.444 e. The quantitative estimate of drug-likeness (QED) is 0.231. The van der Waals surface area contributed by atoms with Crippen LogP contribution in [0.2, 0.25) is 5.15 Å². The summed E-state index contributed by atoms with van der Waals surface area (Å²) < 4.78 is 20.9. The Hall–Kier alpha value is -4.23. The van der Waals surface area contributed by atoms with E-state index >= 15 is 0 Å². The van der Waals surface area contributed by atoms with Crippen molar-refractivity contribution < 1.29 is 13.9 Å². The van der Waals surface area contributed by atoms with E-state index in [1.165, 1.54) is 12.1 Å². The number of ether oxygens (including phenoxy) is 1. The molecule has 41 heavy (non-hydrogen) atoms. The Morgan fingerprint density at radius 1 is 0.951 bits per heavy atom. The molecule has 1 N–H and O–H groups in total. The Balaban J connectivity index is 1.44. The molecule has 6 rings (SSSR count). The Morgan fingerprint density at radius 2 is 1.61 bits per heavy atom. The van der Waals surface area contributed by atoms with Crippen LogP contribution >= 0.6 is 11.6 Å². The minimum atomic E-state index is -0.569. The number of nitrogens with one attached hydrogen (secondary N) is 1. The predicted octanol–water partition coefficient (Wildman–Crippen LogP) is 8.43. The highest BCUT2D eigenvalue weighted by molar-refractivity contribution is 6.32. The SMILES string of the molecule is CC(C)(C)OC(=O)NC1(c2ccc(-c3nn4c(-c5ccc(F)cc5)c(Cl)nc4cc3-c3ccccc3)cc2)CCC1. The van der Waals surface area contributed by atoms with Crippen LogP contribution in [0.3, 0.4) is 0 Å². The first-order valence-electron chi connectivity index (χ1n) is 13.6. The van der Waals surface area contributed by atoms with Gasteiger partial charge in [0.2, 0.25) is 0 Å². The molecule has 208 valence electrons. The highest BCUT2D eigenvalue weighted by Gasteiger charge is 2.41. The van der Waals surface area contributed by atoms with Crippen molar-refractivity contribution in [3.05, 3.63) is 101 Å². The molecule has 1 saturated carbocycles. The number of carbonyl (C=O) groups excluding carboxylic acids is 1. The Kier molecular flexibility index (Phi) is 6.78. The van der Waals surface area contributed by atoms with Gasteiger partial charge in [-0.2, -0.15) is 5.10 Å². The monoisotopic (exact) mass is 568 g/mol. The van der Waals surface area contributed by atoms with Gasteiger partial charge in [0.15, 0.2) is 10.8 Å². The molecule has 0 spiro atoms. The maximum absolute atomic E-state index is 13.7. The molecule has 3 aromatic carbocycles. The normalized spacial score (nSPS) is 14.5. The lowest BCUT2D eigenvalue weighted by Gasteiger charge is -2.43. The van der Waals surface area contributed by atoms with E-state index in [2.05, 4.69) is 10.3 Å². The molecule has 1 aliphatic carbocycles. The standard InChI is InChI=1S/C33H30ClFN4O2/c1-32(2,3)41-31(40)37-33(18-7-19-33)24-14-10-22(11-15-24)28-26(21-8-5-4-6-9-21)20-27-36-30(34)29(39(27)38-28)23-12-16-25(35)17-13-23/h4-6,8-17,20H,7,18-19H2,1-3H3,(H,37,40). The third-order valence-corrected chi connectivity index (χ3v) is 7.69. The average molecular weight is 569 g/mol. The van der Waals surface area contributed by atoms with Crippen LogP contribution in [0.1, 0.15) is 45.6 Å². The number of nitrogens with zero attached hydrogens (tertiary/aromatic N) is 3. The Labute approximate surface area is 243 Å². The van der Waals surface area contributed by atoms with Crippen molar-refractivity contribution in [2.45, 2.75) is 51.2 Å². The van der Waals surface area contributed by atoms with Crippen LogP contribution in [0.5, 0.6) is 0 Å². The van der Waals surface area contributed by atoms with Crippen LogP contribution in [0.15, 0.2) is 84.9 Å². The summed E-state index contributed by atoms with van der Waals surface area (Å²) in [5.74, 6) is -0.329. The highest BCUT2D eigenvalue weighted by Crippen LogP contribution is 2.43. The molecule has 1 aliphatic rings. The van der Waals surface area contributed by atoms with Crippen LogP contribution < -0.4 is 5.32 Å². The third-order valence-electron chi connectivity index (χ3n) is 7.43. The van der Waals surface area contributed by atoms with Gasteiger partial charge in [0.05, 0.1) is 11.2 Å². The minimum absolute atomic E-state index is 0.288. The van der Waals surface area contributed by atoms with Crippen LogP contribution in [-0.2, 0) is 10.3 Å². The molecule has 8 heteroatoms. The van der Waals surface area contributed by atoms with Gasteiger partial charge in [0.25, 0.3) is 0 Å². The van der Waals surface area contributed by atoms with Crippen molar-refractivity contribution in [1.82, 2.24) is 19.9 Å². The van der Waals surface area contributed by atoms with Crippen LogP contribution in [-0.4, -0.2) is 26.3 Å². The number of fused-ring (bicyclic) bond motifs is 1. The lowest BCUT2D eigenvalue weighted by atomic mass is 9.71. The summed E-state index contributed by atoms with van der Waals surface area (Å²) in [4.78, 5) is 17.2. The highest BCUT2D eigenvalue weighted by atomic mass is 35.5. The van der Waals surface area contributed by atoms with E-state index in [4.69, 9.17) is 21.4 Å². The Bertz CT molecular complexity index is 1720. The van der Waals surface area contributed by atoms with Crippen LogP contribution in [0, 0.1) is 5.82 Å². The number of alkyl carbamates (subject to hydrolysis) is 1. The van der Waals surface area contributed by atoms with Crippen molar-refractivity contribution in [3.8, 4) is 33.6 Å². The van der Waals surface area contributed by atoms with E-state index in [9.17, 15) is 9.18 Å². The van der Waals surface area contributed by atoms with Gasteiger partial charge >= 0.3 is 6.09 Å². The second-order valence-corrected chi connectivity index (χ2v) is 11.8. The zero-order valence-corrected chi connectivity index (χ0v) is 23.9. The maximum atomic E-state index is 13.7. The van der Waals surface area contributed by atoms with Gasteiger partial charge in [-0.25, -0.2) is 18.7 Å². The van der Waals surface area contributed by atoms with E-state index in [1.807, 2.05) is 81.4 Å². The van der Waals surface area contributed by atoms with Crippen molar-refractivity contribution in [2.75, 3.05) is 0 Å². The van der Waals surface area contributed by atoms with Gasteiger partial charge in [0.1, 0.15) is 17.1 Å². The van der Waals surface area contributed by atoms with Gasteiger partial charge in [0, 0.05) is 16.7 Å². The fraction of sp³-hybridized carbons (Fsp3) is 0.242. The molecule has 1 fully saturated rings. The molecule has 1 amide bonds. The number of aromatic nitrogens is 3. The topological polar surface area (TPSA) is 68.5 Å². The first kappa shape index (κ1) is 27.0. The summed E-state index contributed by atoms with van der Waals surface area (Å²) in [5.41, 5.74) is 5.44. The average Bonchev–Trinajstić information content (AvgIpc) is 3.25. The van der Waals surface area contributed by atoms with Gasteiger partial charge < -0.3 is 10.1 Å². The maximum Gasteiger partial charge on any atom is 0.408 e. The molecule has 0 bridgehead atoms. The Morgan fingerprint density at radius 3 is 2.22 bits per heavy atom. The second kappa shape index (κ2) is 10.3. The zero-order chi connectivity index (χ0) is 28.8. The fourth-order valence-corrected chi connectivity index (χ4v) is 5.59. The molecule has 0 aliphatic heterocycles. The van der Waals surface area contributed by atoms with E-state index in [0.29, 0.717) is 16.9 Å². The second-order valence-electron chi connectivity index (χ2n) is 11.4. The molecule has 2 heterocycles. The summed E-state index contributed by atoms with van der Waals surface area (Å²) in [6, 6.07) is 26.3. The number of amides is 1. The number of carbonyl (C=O) groups is 1. The molecule has 5 aromatic rings. The van der Waals surface area contributed by atoms with E-state index in [1.54, 1.807) is 16.6 Å². The van der Waals surface area contributed by atoms with Crippen molar-refractivity contribution in [3.63, 3.8) is 0 Å². The third kappa shape index (κ3) is 5.30. The first-order valence-corrected chi connectivity index (χ1v) is 14.0. The fourth-order valence-electron chi connectivity index (χ4n) is 5.31. The first-order chi connectivity index (χ1) is 19.6. The number of rotatable bonds is 5. The van der Waals surface area contributed by atoms with Gasteiger partial charge in [-0.1, -0.05) is 66.2 Å². The van der Waals surface area contributed by atoms with E-state index in [-0.39, 0.29) is 11.0 Å². The molecule has 0 atom stereocenters. The summed E-state index contributed by atoms with van der Waals surface area (Å²) in [5, 5.41) is 8.46. The van der Waals surface area contributed by atoms with Crippen molar-refractivity contribution in [2.24, 2.45) is 0 Å². The number of halogens is 2.